The van der Waals surface area contributed by atoms with Gasteiger partial charge in [-0.1, -0.05) is 73.2 Å². The summed E-state index contributed by atoms with van der Waals surface area (Å²) < 4.78 is 36.8. The Morgan fingerprint density at radius 1 is 0.923 bits per heavy atom. The van der Waals surface area contributed by atoms with E-state index in [4.69, 9.17) is 15.0 Å². The van der Waals surface area contributed by atoms with Crippen molar-refractivity contribution >= 4 is 22.3 Å². The molecule has 2 heterocycles. The minimum atomic E-state index is -3.53. The summed E-state index contributed by atoms with van der Waals surface area (Å²) in [4.78, 5) is 29.4. The zero-order valence-electron chi connectivity index (χ0n) is 21.4. The molecule has 0 aromatic heterocycles. The number of carbonyl (C=O) groups is 2. The molecule has 0 saturated carbocycles. The lowest BCUT2D eigenvalue weighted by Crippen LogP contribution is -2.29. The third-order valence-electron chi connectivity index (χ3n) is 6.12. The van der Waals surface area contributed by atoms with Crippen molar-refractivity contribution in [2.75, 3.05) is 32.5 Å². The van der Waals surface area contributed by atoms with E-state index in [1.165, 1.54) is 0 Å². The highest BCUT2D eigenvalue weighted by Crippen LogP contribution is 2.26. The van der Waals surface area contributed by atoms with Gasteiger partial charge in [-0.05, 0) is 30.5 Å². The molecule has 0 aliphatic carbocycles. The Kier molecular flexibility index (Phi) is 11.6. The maximum atomic E-state index is 11.8. The average molecular weight is 562 g/mol. The summed E-state index contributed by atoms with van der Waals surface area (Å²) in [6.07, 6.45) is -0.760. The van der Waals surface area contributed by atoms with Crippen molar-refractivity contribution in [1.29, 1.82) is 0 Å². The van der Waals surface area contributed by atoms with E-state index in [9.17, 15) is 18.0 Å². The summed E-state index contributed by atoms with van der Waals surface area (Å²) in [5, 5.41) is 3.43. The molecule has 13 heteroatoms. The van der Waals surface area contributed by atoms with Gasteiger partial charge in [0.15, 0.2) is 0 Å². The zero-order valence-corrected chi connectivity index (χ0v) is 22.2. The van der Waals surface area contributed by atoms with Crippen molar-refractivity contribution in [3.63, 3.8) is 0 Å². The molecule has 212 valence electrons. The van der Waals surface area contributed by atoms with E-state index in [2.05, 4.69) is 14.2 Å². The van der Waals surface area contributed by atoms with Crippen LogP contribution in [-0.2, 0) is 23.8 Å². The monoisotopic (exact) mass is 561 g/mol. The third kappa shape index (κ3) is 9.17. The first-order chi connectivity index (χ1) is 18.1. The first-order valence-electron chi connectivity index (χ1n) is 12.0. The number of cyclic esters (lactones) is 2. The lowest BCUT2D eigenvalue weighted by atomic mass is 10.1. The Hall–Kier alpha value is -3.80. The minimum absolute atomic E-state index is 0. The highest BCUT2D eigenvalue weighted by Gasteiger charge is 2.36. The Bertz CT molecular complexity index is 1240. The molecule has 0 radical (unpaired) electrons. The molecule has 2 aromatic rings. The lowest BCUT2D eigenvalue weighted by molar-refractivity contribution is 0.104. The molecule has 4 atom stereocenters. The molecular formula is C26H35N5O7S. The molecule has 2 fully saturated rings. The highest BCUT2D eigenvalue weighted by atomic mass is 32.2. The van der Waals surface area contributed by atoms with Crippen LogP contribution in [0.3, 0.4) is 0 Å². The van der Waals surface area contributed by atoms with Crippen LogP contribution in [0, 0.1) is 0 Å². The second-order valence-corrected chi connectivity index (χ2v) is 10.5. The molecule has 0 unspecified atom stereocenters. The summed E-state index contributed by atoms with van der Waals surface area (Å²) in [6, 6.07) is 19.1. The molecule has 2 saturated heterocycles. The number of hydrogen-bond acceptors (Lipinski definition) is 8. The SMILES string of the molecule is C.C[C@H](c1ccccc1)N1C[C@H](CN=[N+]=[N-])OC1=O.C[C@H](c1ccccc1)N1C[C@H](COS(C)(=O)=O)OC1=O. The Balaban J connectivity index is 0.000000268. The maximum absolute atomic E-state index is 11.8. The van der Waals surface area contributed by atoms with Gasteiger partial charge in [0.1, 0.15) is 18.8 Å². The summed E-state index contributed by atoms with van der Waals surface area (Å²) in [5.74, 6) is 0. The topological polar surface area (TPSA) is 151 Å². The Labute approximate surface area is 229 Å². The van der Waals surface area contributed by atoms with Gasteiger partial charge in [0, 0.05) is 4.91 Å². The van der Waals surface area contributed by atoms with Gasteiger partial charge in [-0.25, -0.2) is 9.59 Å². The molecule has 2 aliphatic rings. The van der Waals surface area contributed by atoms with Gasteiger partial charge in [-0.15, -0.1) is 0 Å². The summed E-state index contributed by atoms with van der Waals surface area (Å²) in [6.45, 7) is 4.64. The van der Waals surface area contributed by atoms with Gasteiger partial charge in [0.2, 0.25) is 0 Å². The van der Waals surface area contributed by atoms with Crippen LogP contribution in [0.15, 0.2) is 65.8 Å². The molecule has 2 aliphatic heterocycles. The van der Waals surface area contributed by atoms with Gasteiger partial charge in [0.05, 0.1) is 38.0 Å². The molecule has 2 aromatic carbocycles. The van der Waals surface area contributed by atoms with Crippen LogP contribution in [0.2, 0.25) is 0 Å². The number of carbonyl (C=O) groups excluding carboxylic acids is 2. The maximum Gasteiger partial charge on any atom is 0.410 e. The average Bonchev–Trinajstić information content (AvgIpc) is 3.48. The van der Waals surface area contributed by atoms with Crippen molar-refractivity contribution in [1.82, 2.24) is 9.80 Å². The number of azide groups is 1. The second-order valence-electron chi connectivity index (χ2n) is 8.89. The van der Waals surface area contributed by atoms with Gasteiger partial charge in [-0.2, -0.15) is 8.42 Å². The van der Waals surface area contributed by atoms with Crippen molar-refractivity contribution in [2.24, 2.45) is 5.11 Å². The molecule has 2 amide bonds. The fourth-order valence-electron chi connectivity index (χ4n) is 4.05. The van der Waals surface area contributed by atoms with Crippen molar-refractivity contribution in [2.45, 2.75) is 45.6 Å². The van der Waals surface area contributed by atoms with Crippen molar-refractivity contribution < 1.29 is 31.7 Å². The highest BCUT2D eigenvalue weighted by molar-refractivity contribution is 7.85. The van der Waals surface area contributed by atoms with Gasteiger partial charge in [-0.3, -0.25) is 14.0 Å². The number of ether oxygens (including phenoxy) is 2. The van der Waals surface area contributed by atoms with E-state index in [0.717, 1.165) is 17.4 Å². The van der Waals surface area contributed by atoms with E-state index >= 15 is 0 Å². The van der Waals surface area contributed by atoms with E-state index in [-0.39, 0.29) is 44.9 Å². The molecule has 4 rings (SSSR count). The normalized spacial score (nSPS) is 20.0. The van der Waals surface area contributed by atoms with Crippen LogP contribution < -0.4 is 0 Å². The molecule has 0 spiro atoms. The quantitative estimate of drug-likeness (QED) is 0.180. The van der Waals surface area contributed by atoms with E-state index in [1.54, 1.807) is 9.80 Å². The van der Waals surface area contributed by atoms with E-state index < -0.39 is 22.3 Å². The standard InChI is InChI=1S/C13H17NO5S.C12H14N4O2.CH4/c1-10(11-6-4-3-5-7-11)14-8-12(19-13(14)15)9-18-20(2,16)17;1-9(10-5-3-2-4-6-10)16-8-11(7-14-15-13)18-12(16)17;/h3-7,10,12H,8-9H2,1-2H3;2-6,9,11H,7-8H2,1H3;1H4/t10-,12-;9-,11+;/m11./s1. The lowest BCUT2D eigenvalue weighted by Gasteiger charge is -2.22. The van der Waals surface area contributed by atoms with Crippen LogP contribution in [-0.4, -0.2) is 75.1 Å². The van der Waals surface area contributed by atoms with Crippen LogP contribution in [0.25, 0.3) is 10.4 Å². The molecule has 12 nitrogen and oxygen atoms in total. The number of hydrogen-bond donors (Lipinski definition) is 0. The Morgan fingerprint density at radius 2 is 1.36 bits per heavy atom. The fourth-order valence-corrected chi connectivity index (χ4v) is 4.45. The van der Waals surface area contributed by atoms with Gasteiger partial charge in [0.25, 0.3) is 10.1 Å². The molecule has 39 heavy (non-hydrogen) atoms. The predicted octanol–water partition coefficient (Wildman–Crippen LogP) is 5.06. The minimum Gasteiger partial charge on any atom is -0.444 e. The number of amides is 2. The Morgan fingerprint density at radius 3 is 1.79 bits per heavy atom. The van der Waals surface area contributed by atoms with Crippen LogP contribution in [0.5, 0.6) is 0 Å². The fraction of sp³-hybridized carbons (Fsp3) is 0.462. The van der Waals surface area contributed by atoms with Crippen molar-refractivity contribution in [3.8, 4) is 0 Å². The third-order valence-corrected chi connectivity index (χ3v) is 6.68. The van der Waals surface area contributed by atoms with Crippen LogP contribution in [0.1, 0.15) is 44.5 Å². The smallest absolute Gasteiger partial charge is 0.410 e. The van der Waals surface area contributed by atoms with E-state index in [0.29, 0.717) is 13.1 Å². The number of benzene rings is 2. The molecular weight excluding hydrogens is 526 g/mol. The molecule has 0 N–H and O–H groups in total. The summed E-state index contributed by atoms with van der Waals surface area (Å²) in [7, 11) is -3.53. The van der Waals surface area contributed by atoms with Gasteiger partial charge < -0.3 is 9.47 Å². The van der Waals surface area contributed by atoms with Crippen molar-refractivity contribution in [3.05, 3.63) is 82.2 Å². The number of nitrogens with zero attached hydrogens (tertiary/aromatic N) is 5. The summed E-state index contributed by atoms with van der Waals surface area (Å²) in [5.41, 5.74) is 10.3. The molecule has 0 bridgehead atoms. The van der Waals surface area contributed by atoms with Crippen LogP contribution in [0.4, 0.5) is 9.59 Å². The van der Waals surface area contributed by atoms with Crippen LogP contribution >= 0.6 is 0 Å². The van der Waals surface area contributed by atoms with Gasteiger partial charge >= 0.3 is 12.2 Å². The summed E-state index contributed by atoms with van der Waals surface area (Å²) >= 11 is 0. The first-order valence-corrected chi connectivity index (χ1v) is 13.8. The zero-order chi connectivity index (χ0) is 27.7. The predicted molar refractivity (Wildman–Crippen MR) is 145 cm³/mol. The van der Waals surface area contributed by atoms with E-state index in [1.807, 2.05) is 74.5 Å². The first kappa shape index (κ1) is 31.4. The number of rotatable bonds is 9. The second kappa shape index (κ2) is 14.4. The largest absolute Gasteiger partial charge is 0.444 e.